The molecule has 8 nitrogen and oxygen atoms in total. The minimum atomic E-state index is -0.125. The van der Waals surface area contributed by atoms with E-state index in [9.17, 15) is 9.59 Å². The van der Waals surface area contributed by atoms with Crippen molar-refractivity contribution in [3.63, 3.8) is 0 Å². The summed E-state index contributed by atoms with van der Waals surface area (Å²) >= 11 is 0. The Balaban J connectivity index is 1.32. The highest BCUT2D eigenvalue weighted by molar-refractivity contribution is 5.98. The van der Waals surface area contributed by atoms with Crippen LogP contribution in [0.25, 0.3) is 10.9 Å². The Labute approximate surface area is 193 Å². The number of rotatable bonds is 8. The molecule has 8 heteroatoms. The third-order valence-corrected chi connectivity index (χ3v) is 5.62. The van der Waals surface area contributed by atoms with Crippen LogP contribution in [0.3, 0.4) is 0 Å². The first kappa shape index (κ1) is 22.7. The number of carbonyl (C=O) groups excluding carboxylic acids is 2. The molecule has 33 heavy (non-hydrogen) atoms. The Morgan fingerprint density at radius 3 is 2.45 bits per heavy atom. The fraction of sp³-hybridized carbons (Fsp3) is 0.360. The van der Waals surface area contributed by atoms with E-state index in [1.165, 1.54) is 0 Å². The Hall–Kier alpha value is -3.52. The number of amides is 2. The van der Waals surface area contributed by atoms with Crippen LogP contribution in [0.15, 0.2) is 48.5 Å². The summed E-state index contributed by atoms with van der Waals surface area (Å²) in [6.07, 6.45) is 0. The summed E-state index contributed by atoms with van der Waals surface area (Å²) in [5.41, 5.74) is 2.15. The van der Waals surface area contributed by atoms with Crippen molar-refractivity contribution in [2.45, 2.75) is 13.8 Å². The topological polar surface area (TPSA) is 86.9 Å². The predicted octanol–water partition coefficient (Wildman–Crippen LogP) is 3.36. The molecule has 4 rings (SSSR count). The minimum absolute atomic E-state index is 0.00982. The van der Waals surface area contributed by atoms with Gasteiger partial charge in [-0.2, -0.15) is 0 Å². The molecule has 1 saturated heterocycles. The zero-order valence-electron chi connectivity index (χ0n) is 19.1. The van der Waals surface area contributed by atoms with Gasteiger partial charge in [0.05, 0.1) is 25.4 Å². The quantitative estimate of drug-likeness (QED) is 0.550. The smallest absolute Gasteiger partial charge is 0.270 e. The van der Waals surface area contributed by atoms with E-state index in [2.05, 4.69) is 15.2 Å². The number of aromatic nitrogens is 1. The first-order chi connectivity index (χ1) is 16.1. The van der Waals surface area contributed by atoms with E-state index in [0.717, 1.165) is 10.9 Å². The Kier molecular flexibility index (Phi) is 7.14. The van der Waals surface area contributed by atoms with Crippen molar-refractivity contribution in [3.8, 4) is 11.5 Å². The first-order valence-corrected chi connectivity index (χ1v) is 11.4. The van der Waals surface area contributed by atoms with Crippen molar-refractivity contribution in [2.24, 2.45) is 0 Å². The number of carbonyl (C=O) groups is 2. The molecule has 0 atom stereocenters. The van der Waals surface area contributed by atoms with Gasteiger partial charge >= 0.3 is 0 Å². The number of nitrogens with one attached hydrogen (secondary N) is 2. The van der Waals surface area contributed by atoms with Crippen molar-refractivity contribution >= 4 is 28.4 Å². The number of hydrogen-bond acceptors (Lipinski definition) is 5. The monoisotopic (exact) mass is 450 g/mol. The summed E-state index contributed by atoms with van der Waals surface area (Å²) in [5.74, 6) is 1.16. The second-order valence-electron chi connectivity index (χ2n) is 7.91. The Morgan fingerprint density at radius 2 is 1.73 bits per heavy atom. The highest BCUT2D eigenvalue weighted by Gasteiger charge is 2.24. The van der Waals surface area contributed by atoms with Gasteiger partial charge in [0.15, 0.2) is 0 Å². The van der Waals surface area contributed by atoms with Crippen molar-refractivity contribution in [1.29, 1.82) is 0 Å². The van der Waals surface area contributed by atoms with Gasteiger partial charge in [0, 0.05) is 43.1 Å². The Morgan fingerprint density at radius 1 is 0.970 bits per heavy atom. The minimum Gasteiger partial charge on any atom is -0.494 e. The van der Waals surface area contributed by atoms with E-state index in [1.807, 2.05) is 55.1 Å². The highest BCUT2D eigenvalue weighted by Crippen LogP contribution is 2.29. The van der Waals surface area contributed by atoms with Crippen LogP contribution >= 0.6 is 0 Å². The highest BCUT2D eigenvalue weighted by atomic mass is 16.5. The van der Waals surface area contributed by atoms with Gasteiger partial charge in [-0.05, 0) is 38.1 Å². The van der Waals surface area contributed by atoms with Crippen LogP contribution in [0.5, 0.6) is 11.5 Å². The lowest BCUT2D eigenvalue weighted by molar-refractivity contribution is -0.117. The molecule has 0 aliphatic carbocycles. The van der Waals surface area contributed by atoms with Crippen LogP contribution in [0.1, 0.15) is 24.3 Å². The SMILES string of the molecule is CCOc1ccc(OCC)c(NC(=O)CN2CCN(C(=O)c3cc4ccccc4[nH]3)CC2)c1. The molecule has 1 aliphatic rings. The number of para-hydroxylation sites is 1. The number of piperazine rings is 1. The normalized spacial score (nSPS) is 14.3. The maximum atomic E-state index is 12.9. The molecule has 1 aliphatic heterocycles. The third-order valence-electron chi connectivity index (χ3n) is 5.62. The zero-order valence-corrected chi connectivity index (χ0v) is 19.1. The molecule has 2 N–H and O–H groups in total. The van der Waals surface area contributed by atoms with E-state index >= 15 is 0 Å². The molecule has 0 unspecified atom stereocenters. The fourth-order valence-corrected chi connectivity index (χ4v) is 4.01. The van der Waals surface area contributed by atoms with Gasteiger partial charge < -0.3 is 24.7 Å². The summed E-state index contributed by atoms with van der Waals surface area (Å²) in [7, 11) is 0. The van der Waals surface area contributed by atoms with Crippen molar-refractivity contribution < 1.29 is 19.1 Å². The van der Waals surface area contributed by atoms with Crippen LogP contribution in [0.4, 0.5) is 5.69 Å². The molecular weight excluding hydrogens is 420 g/mol. The second kappa shape index (κ2) is 10.4. The number of hydrogen-bond donors (Lipinski definition) is 2. The standard InChI is InChI=1S/C25H30N4O4/c1-3-32-19-9-10-23(33-4-2)21(16-19)27-24(30)17-28-11-13-29(14-12-28)25(31)22-15-18-7-5-6-8-20(18)26-22/h5-10,15-16,26H,3-4,11-14,17H2,1-2H3,(H,27,30). The molecule has 174 valence electrons. The van der Waals surface area contributed by atoms with Crippen LogP contribution in [0.2, 0.25) is 0 Å². The lowest BCUT2D eigenvalue weighted by atomic mass is 10.2. The van der Waals surface area contributed by atoms with Gasteiger partial charge in [-0.25, -0.2) is 0 Å². The maximum absolute atomic E-state index is 12.9. The molecule has 3 aromatic rings. The summed E-state index contributed by atoms with van der Waals surface area (Å²) in [6, 6.07) is 15.2. The van der Waals surface area contributed by atoms with Crippen molar-refractivity contribution in [3.05, 3.63) is 54.2 Å². The van der Waals surface area contributed by atoms with Gasteiger partial charge in [-0.3, -0.25) is 14.5 Å². The van der Waals surface area contributed by atoms with Gasteiger partial charge in [0.2, 0.25) is 5.91 Å². The van der Waals surface area contributed by atoms with E-state index in [4.69, 9.17) is 9.47 Å². The molecule has 0 bridgehead atoms. The summed E-state index contributed by atoms with van der Waals surface area (Å²) in [5, 5.41) is 3.97. The average Bonchev–Trinajstić information content (AvgIpc) is 3.25. The molecular formula is C25H30N4O4. The van der Waals surface area contributed by atoms with E-state index in [-0.39, 0.29) is 18.4 Å². The number of fused-ring (bicyclic) bond motifs is 1. The van der Waals surface area contributed by atoms with Gasteiger partial charge in [0.1, 0.15) is 17.2 Å². The molecule has 2 amide bonds. The van der Waals surface area contributed by atoms with Gasteiger partial charge in [0.25, 0.3) is 5.91 Å². The number of nitrogens with zero attached hydrogens (tertiary/aromatic N) is 2. The van der Waals surface area contributed by atoms with E-state index < -0.39 is 0 Å². The molecule has 0 radical (unpaired) electrons. The van der Waals surface area contributed by atoms with Crippen LogP contribution < -0.4 is 14.8 Å². The largest absolute Gasteiger partial charge is 0.494 e. The van der Waals surface area contributed by atoms with E-state index in [1.54, 1.807) is 12.1 Å². The third kappa shape index (κ3) is 5.46. The average molecular weight is 451 g/mol. The molecule has 1 fully saturated rings. The van der Waals surface area contributed by atoms with Crippen LogP contribution in [0, 0.1) is 0 Å². The van der Waals surface area contributed by atoms with E-state index in [0.29, 0.717) is 62.3 Å². The van der Waals surface area contributed by atoms with Gasteiger partial charge in [-0.1, -0.05) is 18.2 Å². The molecule has 2 aromatic carbocycles. The second-order valence-corrected chi connectivity index (χ2v) is 7.91. The molecule has 2 heterocycles. The fourth-order valence-electron chi connectivity index (χ4n) is 4.01. The number of benzene rings is 2. The van der Waals surface area contributed by atoms with Crippen LogP contribution in [-0.2, 0) is 4.79 Å². The summed E-state index contributed by atoms with van der Waals surface area (Å²) in [4.78, 5) is 32.7. The van der Waals surface area contributed by atoms with Crippen molar-refractivity contribution in [1.82, 2.24) is 14.8 Å². The van der Waals surface area contributed by atoms with Crippen molar-refractivity contribution in [2.75, 3.05) is 51.3 Å². The molecule has 0 saturated carbocycles. The molecule has 0 spiro atoms. The lowest BCUT2D eigenvalue weighted by Gasteiger charge is -2.34. The summed E-state index contributed by atoms with van der Waals surface area (Å²) < 4.78 is 11.2. The lowest BCUT2D eigenvalue weighted by Crippen LogP contribution is -2.50. The zero-order chi connectivity index (χ0) is 23.2. The predicted molar refractivity (Wildman–Crippen MR) is 128 cm³/mol. The van der Waals surface area contributed by atoms with Crippen LogP contribution in [-0.4, -0.2) is 72.5 Å². The summed E-state index contributed by atoms with van der Waals surface area (Å²) in [6.45, 7) is 7.53. The Bertz CT molecular complexity index is 1090. The molecule has 1 aromatic heterocycles. The first-order valence-electron chi connectivity index (χ1n) is 11.4. The number of anilines is 1. The van der Waals surface area contributed by atoms with Gasteiger partial charge in [-0.15, -0.1) is 0 Å². The number of aromatic amines is 1. The maximum Gasteiger partial charge on any atom is 0.270 e. The number of ether oxygens (including phenoxy) is 2. The number of H-pyrrole nitrogens is 1.